The van der Waals surface area contributed by atoms with E-state index in [2.05, 4.69) is 38.7 Å². The topological polar surface area (TPSA) is 76.0 Å². The van der Waals surface area contributed by atoms with E-state index in [0.29, 0.717) is 18.8 Å². The highest BCUT2D eigenvalue weighted by Gasteiger charge is 2.46. The van der Waals surface area contributed by atoms with Crippen LogP contribution in [0, 0.1) is 11.3 Å². The summed E-state index contributed by atoms with van der Waals surface area (Å²) in [5.74, 6) is 0.173. The zero-order valence-electron chi connectivity index (χ0n) is 20.9. The fourth-order valence-corrected chi connectivity index (χ4v) is 6.63. The quantitative estimate of drug-likeness (QED) is 0.405. The highest BCUT2D eigenvalue weighted by atomic mass is 16.6. The molecule has 4 aliphatic rings. The van der Waals surface area contributed by atoms with Gasteiger partial charge in [-0.15, -0.1) is 0 Å². The fraction of sp³-hybridized carbons (Fsp3) is 0.690. The van der Waals surface area contributed by atoms with Gasteiger partial charge < -0.3 is 19.7 Å². The standard InChI is InChI=1S/C29H42O5/c1-19-22(16-23(30)17-27(19)31)12-11-21-8-7-15-29(3)25(13-14-26(21)29)20(2)33-18-28(32)34-24-9-5-4-6-10-24/h11-13,20,23-24,26-27,30-31H,1,4-10,14-18H2,2-3H3/b21-11+,22-12-/t20?,23-,26+,27+,29-/m1/s1. The number of ether oxygens (including phenoxy) is 2. The summed E-state index contributed by atoms with van der Waals surface area (Å²) in [5.41, 5.74) is 4.42. The Morgan fingerprint density at radius 3 is 2.76 bits per heavy atom. The van der Waals surface area contributed by atoms with Crippen molar-refractivity contribution in [1.82, 2.24) is 0 Å². The molecule has 188 valence electrons. The maximum absolute atomic E-state index is 12.3. The number of aliphatic hydroxyl groups is 2. The van der Waals surface area contributed by atoms with Crippen LogP contribution in [0.4, 0.5) is 0 Å². The van der Waals surface area contributed by atoms with E-state index in [1.807, 2.05) is 0 Å². The predicted molar refractivity (Wildman–Crippen MR) is 133 cm³/mol. The summed E-state index contributed by atoms with van der Waals surface area (Å²) in [6, 6.07) is 0. The van der Waals surface area contributed by atoms with Crippen molar-refractivity contribution >= 4 is 5.97 Å². The van der Waals surface area contributed by atoms with Gasteiger partial charge in [0, 0.05) is 6.42 Å². The molecule has 0 aromatic heterocycles. The highest BCUT2D eigenvalue weighted by Crippen LogP contribution is 2.55. The Morgan fingerprint density at radius 1 is 1.24 bits per heavy atom. The van der Waals surface area contributed by atoms with Crippen LogP contribution in [0.1, 0.15) is 84.5 Å². The largest absolute Gasteiger partial charge is 0.461 e. The van der Waals surface area contributed by atoms with Gasteiger partial charge in [0.2, 0.25) is 0 Å². The SMILES string of the molecule is C=C1/C(=C\C=C2/CCC[C@]3(C)C(C(C)OCC(=O)OC4CCCCC4)=CC[C@@H]23)C[C@@H](O)C[C@@H]1O. The number of aliphatic hydroxyl groups excluding tert-OH is 2. The number of allylic oxidation sites excluding steroid dienone is 4. The number of fused-ring (bicyclic) bond motifs is 1. The first-order chi connectivity index (χ1) is 16.3. The molecule has 0 heterocycles. The summed E-state index contributed by atoms with van der Waals surface area (Å²) in [6.45, 7) is 8.44. The summed E-state index contributed by atoms with van der Waals surface area (Å²) >= 11 is 0. The molecule has 4 rings (SSSR count). The molecule has 4 aliphatic carbocycles. The Balaban J connectivity index is 1.37. The van der Waals surface area contributed by atoms with Gasteiger partial charge in [-0.3, -0.25) is 0 Å². The molecular weight excluding hydrogens is 428 g/mol. The van der Waals surface area contributed by atoms with E-state index in [-0.39, 0.29) is 30.2 Å². The molecule has 2 N–H and O–H groups in total. The van der Waals surface area contributed by atoms with E-state index in [0.717, 1.165) is 62.5 Å². The smallest absolute Gasteiger partial charge is 0.332 e. The van der Waals surface area contributed by atoms with E-state index in [1.54, 1.807) is 0 Å². The number of esters is 1. The van der Waals surface area contributed by atoms with Crippen LogP contribution < -0.4 is 0 Å². The van der Waals surface area contributed by atoms with Gasteiger partial charge in [-0.2, -0.15) is 0 Å². The second-order valence-corrected chi connectivity index (χ2v) is 11.0. The van der Waals surface area contributed by atoms with Crippen LogP contribution in [0.25, 0.3) is 0 Å². The van der Waals surface area contributed by atoms with Crippen LogP contribution in [0.5, 0.6) is 0 Å². The van der Waals surface area contributed by atoms with Crippen molar-refractivity contribution in [2.45, 2.75) is 109 Å². The number of hydrogen-bond donors (Lipinski definition) is 2. The molecule has 0 bridgehead atoms. The van der Waals surface area contributed by atoms with Gasteiger partial charge >= 0.3 is 5.97 Å². The normalized spacial score (nSPS) is 35.8. The summed E-state index contributed by atoms with van der Waals surface area (Å²) in [5, 5.41) is 20.2. The van der Waals surface area contributed by atoms with E-state index in [4.69, 9.17) is 9.47 Å². The van der Waals surface area contributed by atoms with Crippen molar-refractivity contribution in [2.75, 3.05) is 6.61 Å². The zero-order chi connectivity index (χ0) is 24.3. The maximum Gasteiger partial charge on any atom is 0.332 e. The lowest BCUT2D eigenvalue weighted by Crippen LogP contribution is -2.35. The van der Waals surface area contributed by atoms with E-state index in [9.17, 15) is 15.0 Å². The molecule has 1 unspecified atom stereocenters. The lowest BCUT2D eigenvalue weighted by atomic mass is 9.63. The van der Waals surface area contributed by atoms with Crippen LogP contribution >= 0.6 is 0 Å². The van der Waals surface area contributed by atoms with Gasteiger partial charge in [0.15, 0.2) is 0 Å². The molecule has 0 aromatic carbocycles. The lowest BCUT2D eigenvalue weighted by Gasteiger charge is -2.42. The number of carbonyl (C=O) groups is 1. The Labute approximate surface area is 204 Å². The Bertz CT molecular complexity index is 862. The molecule has 0 aromatic rings. The molecule has 3 fully saturated rings. The minimum atomic E-state index is -0.660. The summed E-state index contributed by atoms with van der Waals surface area (Å²) in [7, 11) is 0. The molecule has 5 nitrogen and oxygen atoms in total. The number of hydrogen-bond acceptors (Lipinski definition) is 5. The molecule has 5 atom stereocenters. The van der Waals surface area contributed by atoms with E-state index >= 15 is 0 Å². The van der Waals surface area contributed by atoms with Gasteiger partial charge in [-0.05, 0) is 92.8 Å². The van der Waals surface area contributed by atoms with E-state index in [1.165, 1.54) is 17.6 Å². The Hall–Kier alpha value is -1.69. The predicted octanol–water partition coefficient (Wildman–Crippen LogP) is 5.33. The first-order valence-corrected chi connectivity index (χ1v) is 13.2. The summed E-state index contributed by atoms with van der Waals surface area (Å²) in [4.78, 5) is 12.3. The molecule has 0 radical (unpaired) electrons. The average molecular weight is 471 g/mol. The average Bonchev–Trinajstić information content (AvgIpc) is 3.17. The van der Waals surface area contributed by atoms with Gasteiger partial charge in [0.25, 0.3) is 0 Å². The minimum absolute atomic E-state index is 0.0112. The molecule has 0 spiro atoms. The minimum Gasteiger partial charge on any atom is -0.461 e. The molecule has 34 heavy (non-hydrogen) atoms. The second kappa shape index (κ2) is 10.9. The number of rotatable bonds is 6. The van der Waals surface area contributed by atoms with Crippen molar-refractivity contribution in [1.29, 1.82) is 0 Å². The lowest BCUT2D eigenvalue weighted by molar-refractivity contribution is -0.157. The first-order valence-electron chi connectivity index (χ1n) is 13.2. The molecule has 0 amide bonds. The zero-order valence-corrected chi connectivity index (χ0v) is 20.9. The van der Waals surface area contributed by atoms with Crippen molar-refractivity contribution in [3.05, 3.63) is 47.1 Å². The van der Waals surface area contributed by atoms with Crippen LogP contribution in [-0.4, -0.2) is 47.2 Å². The molecule has 0 aliphatic heterocycles. The van der Waals surface area contributed by atoms with Crippen LogP contribution in [0.2, 0.25) is 0 Å². The molecule has 0 saturated heterocycles. The molecule has 3 saturated carbocycles. The second-order valence-electron chi connectivity index (χ2n) is 11.0. The third-order valence-corrected chi connectivity index (χ3v) is 8.61. The van der Waals surface area contributed by atoms with Crippen molar-refractivity contribution in [2.24, 2.45) is 11.3 Å². The molecular formula is C29H42O5. The van der Waals surface area contributed by atoms with Gasteiger partial charge in [-0.25, -0.2) is 4.79 Å². The highest BCUT2D eigenvalue weighted by molar-refractivity contribution is 5.71. The van der Waals surface area contributed by atoms with Gasteiger partial charge in [0.05, 0.1) is 18.3 Å². The van der Waals surface area contributed by atoms with Gasteiger partial charge in [-0.1, -0.05) is 43.7 Å². The van der Waals surface area contributed by atoms with Gasteiger partial charge in [0.1, 0.15) is 12.7 Å². The van der Waals surface area contributed by atoms with Crippen LogP contribution in [-0.2, 0) is 14.3 Å². The van der Waals surface area contributed by atoms with Crippen molar-refractivity contribution < 1.29 is 24.5 Å². The van der Waals surface area contributed by atoms with Crippen molar-refractivity contribution in [3.63, 3.8) is 0 Å². The van der Waals surface area contributed by atoms with Crippen molar-refractivity contribution in [3.8, 4) is 0 Å². The number of carbonyl (C=O) groups excluding carboxylic acids is 1. The van der Waals surface area contributed by atoms with E-state index < -0.39 is 12.2 Å². The fourth-order valence-electron chi connectivity index (χ4n) is 6.63. The summed E-state index contributed by atoms with van der Waals surface area (Å²) in [6.07, 6.45) is 16.0. The monoisotopic (exact) mass is 470 g/mol. The maximum atomic E-state index is 12.3. The molecule has 5 heteroatoms. The Kier molecular flexibility index (Phi) is 8.16. The van der Waals surface area contributed by atoms with Crippen LogP contribution in [0.15, 0.2) is 47.1 Å². The third-order valence-electron chi connectivity index (χ3n) is 8.61. The first kappa shape index (κ1) is 25.4. The Morgan fingerprint density at radius 2 is 2.00 bits per heavy atom. The summed E-state index contributed by atoms with van der Waals surface area (Å²) < 4.78 is 11.7. The van der Waals surface area contributed by atoms with Crippen LogP contribution in [0.3, 0.4) is 0 Å². The third kappa shape index (κ3) is 5.58.